The van der Waals surface area contributed by atoms with E-state index in [1.54, 1.807) is 6.07 Å². The minimum absolute atomic E-state index is 0.148. The third kappa shape index (κ3) is 8.46. The molecule has 4 unspecified atom stereocenters. The number of amides is 1. The molecule has 2 aromatic carbocycles. The Morgan fingerprint density at radius 1 is 1.00 bits per heavy atom. The molecule has 2 saturated heterocycles. The maximum atomic E-state index is 14.6. The fraction of sp³-hybridized carbons (Fsp3) is 0.533. The molecule has 10 nitrogen and oxygen atoms in total. The van der Waals surface area contributed by atoms with E-state index in [1.807, 2.05) is 89.4 Å². The van der Waals surface area contributed by atoms with Gasteiger partial charge in [0.1, 0.15) is 28.5 Å². The topological polar surface area (TPSA) is 89.4 Å². The van der Waals surface area contributed by atoms with Crippen LogP contribution in [0, 0.1) is 31.5 Å². The Morgan fingerprint density at radius 3 is 2.46 bits per heavy atom. The molecule has 4 heterocycles. The van der Waals surface area contributed by atoms with Crippen molar-refractivity contribution in [1.82, 2.24) is 24.5 Å². The van der Waals surface area contributed by atoms with Gasteiger partial charge < -0.3 is 24.0 Å². The average molecular weight is 802 g/mol. The van der Waals surface area contributed by atoms with Gasteiger partial charge in [0.15, 0.2) is 0 Å². The van der Waals surface area contributed by atoms with E-state index in [-0.39, 0.29) is 35.9 Å². The number of ether oxygens (including phenoxy) is 3. The summed E-state index contributed by atoms with van der Waals surface area (Å²) >= 11 is 7.22. The summed E-state index contributed by atoms with van der Waals surface area (Å²) < 4.78 is 34.1. The van der Waals surface area contributed by atoms with Gasteiger partial charge in [-0.05, 0) is 128 Å². The van der Waals surface area contributed by atoms with Crippen LogP contribution < -0.4 is 4.74 Å². The number of halogens is 2. The lowest BCUT2D eigenvalue weighted by Crippen LogP contribution is -2.45. The van der Waals surface area contributed by atoms with Crippen molar-refractivity contribution in [3.63, 3.8) is 0 Å². The van der Waals surface area contributed by atoms with Crippen LogP contribution >= 0.6 is 11.6 Å². The summed E-state index contributed by atoms with van der Waals surface area (Å²) in [5.74, 6) is 0.263. The quantitative estimate of drug-likeness (QED) is 0.149. The maximum Gasteiger partial charge on any atom is 0.410 e. The van der Waals surface area contributed by atoms with Gasteiger partial charge in [0.25, 0.3) is 0 Å². The Balaban J connectivity index is 1.20. The molecule has 0 saturated carbocycles. The molecule has 57 heavy (non-hydrogen) atoms. The summed E-state index contributed by atoms with van der Waals surface area (Å²) in [6.07, 6.45) is 6.07. The number of benzene rings is 2. The first-order valence-electron chi connectivity index (χ1n) is 20.2. The van der Waals surface area contributed by atoms with Crippen LogP contribution in [0.1, 0.15) is 77.8 Å². The lowest BCUT2D eigenvalue weighted by molar-refractivity contribution is -0.151. The standard InChI is InChI=1S/C45H57ClFN5O5/c1-27-38(28(2)49(9)48-27)39-35(46)18-17-34-33(13-11-23-55-37-14-10-12-29-24-31(47)15-16-32(29)37)41(42(53)56-44(3,4)5)52(40(34)39)22-21-50-20-19-30-25-51(26-36(30)50)43(54)57-45(6,7)8/h10,12,14-18,24,30,34,36,40H,11,13,19-23,25-26H2,1-9H3. The molecule has 0 radical (unpaired) electrons. The van der Waals surface area contributed by atoms with Gasteiger partial charge in [-0.25, -0.2) is 14.0 Å². The van der Waals surface area contributed by atoms with Crippen molar-refractivity contribution in [3.05, 3.63) is 87.6 Å². The minimum Gasteiger partial charge on any atom is -0.493 e. The lowest BCUT2D eigenvalue weighted by Gasteiger charge is -2.37. The Morgan fingerprint density at radius 2 is 1.75 bits per heavy atom. The molecule has 7 rings (SSSR count). The van der Waals surface area contributed by atoms with E-state index in [9.17, 15) is 14.0 Å². The summed E-state index contributed by atoms with van der Waals surface area (Å²) in [7, 11) is 1.94. The smallest absolute Gasteiger partial charge is 0.410 e. The summed E-state index contributed by atoms with van der Waals surface area (Å²) in [5.41, 5.74) is 4.13. The van der Waals surface area contributed by atoms with Crippen molar-refractivity contribution >= 4 is 40.0 Å². The van der Waals surface area contributed by atoms with Crippen LogP contribution in [0.5, 0.6) is 5.75 Å². The van der Waals surface area contributed by atoms with Crippen LogP contribution in [0.15, 0.2) is 64.9 Å². The van der Waals surface area contributed by atoms with Crippen LogP contribution in [-0.2, 0) is 21.3 Å². The van der Waals surface area contributed by atoms with E-state index in [1.165, 1.54) is 12.1 Å². The summed E-state index contributed by atoms with van der Waals surface area (Å²) in [5, 5.41) is 7.03. The van der Waals surface area contributed by atoms with E-state index >= 15 is 0 Å². The van der Waals surface area contributed by atoms with Crippen molar-refractivity contribution in [2.75, 3.05) is 39.3 Å². The first-order chi connectivity index (χ1) is 26.9. The van der Waals surface area contributed by atoms with Crippen molar-refractivity contribution in [2.45, 2.75) is 97.9 Å². The van der Waals surface area contributed by atoms with Crippen LogP contribution in [0.2, 0.25) is 0 Å². The number of hydrogen-bond donors (Lipinski definition) is 0. The molecule has 0 bridgehead atoms. The van der Waals surface area contributed by atoms with Crippen molar-refractivity contribution in [3.8, 4) is 5.75 Å². The van der Waals surface area contributed by atoms with Crippen molar-refractivity contribution < 1.29 is 28.2 Å². The predicted octanol–water partition coefficient (Wildman–Crippen LogP) is 8.55. The van der Waals surface area contributed by atoms with E-state index in [2.05, 4.69) is 22.8 Å². The largest absolute Gasteiger partial charge is 0.493 e. The molecule has 12 heteroatoms. The van der Waals surface area contributed by atoms with Crippen LogP contribution in [0.4, 0.5) is 9.18 Å². The number of hydrogen-bond acceptors (Lipinski definition) is 8. The third-order valence-corrected chi connectivity index (χ3v) is 12.0. The molecule has 306 valence electrons. The zero-order chi connectivity index (χ0) is 41.0. The molecule has 3 aliphatic heterocycles. The molecule has 1 aromatic heterocycles. The fourth-order valence-electron chi connectivity index (χ4n) is 9.22. The summed E-state index contributed by atoms with van der Waals surface area (Å²) in [4.78, 5) is 34.2. The highest BCUT2D eigenvalue weighted by atomic mass is 35.5. The van der Waals surface area contributed by atoms with E-state index in [4.69, 9.17) is 30.9 Å². The lowest BCUT2D eigenvalue weighted by atomic mass is 9.80. The zero-order valence-electron chi connectivity index (χ0n) is 34.8. The van der Waals surface area contributed by atoms with Gasteiger partial charge in [0, 0.05) is 72.4 Å². The summed E-state index contributed by atoms with van der Waals surface area (Å²) in [6, 6.07) is 10.3. The molecule has 1 aliphatic carbocycles. The molecule has 0 N–H and O–H groups in total. The van der Waals surface area contributed by atoms with Gasteiger partial charge in [0.2, 0.25) is 0 Å². The van der Waals surface area contributed by atoms with E-state index < -0.39 is 11.2 Å². The number of rotatable bonds is 10. The second-order valence-corrected chi connectivity index (χ2v) is 18.3. The summed E-state index contributed by atoms with van der Waals surface area (Å²) in [6.45, 7) is 19.3. The first-order valence-corrected chi connectivity index (χ1v) is 20.6. The third-order valence-electron chi connectivity index (χ3n) is 11.6. The highest BCUT2D eigenvalue weighted by Gasteiger charge is 2.49. The molecule has 0 spiro atoms. The first kappa shape index (κ1) is 40.8. The van der Waals surface area contributed by atoms with Gasteiger partial charge in [0.05, 0.1) is 18.3 Å². The number of carbonyl (C=O) groups excluding carboxylic acids is 2. The van der Waals surface area contributed by atoms with Crippen molar-refractivity contribution in [2.24, 2.45) is 18.9 Å². The number of likely N-dealkylation sites (tertiary alicyclic amines) is 2. The number of fused-ring (bicyclic) bond motifs is 3. The van der Waals surface area contributed by atoms with E-state index in [0.29, 0.717) is 68.0 Å². The second-order valence-electron chi connectivity index (χ2n) is 17.9. The normalized spacial score (nSPS) is 22.5. The highest BCUT2D eigenvalue weighted by molar-refractivity contribution is 6.35. The van der Waals surface area contributed by atoms with Crippen LogP contribution in [-0.4, -0.2) is 99.2 Å². The van der Waals surface area contributed by atoms with Gasteiger partial charge in [-0.1, -0.05) is 29.8 Å². The molecular formula is C45H57ClFN5O5. The Kier molecular flexibility index (Phi) is 11.3. The van der Waals surface area contributed by atoms with Crippen LogP contribution in [0.25, 0.3) is 16.3 Å². The Bertz CT molecular complexity index is 2140. The second kappa shape index (κ2) is 15.8. The van der Waals surface area contributed by atoms with Gasteiger partial charge in [-0.2, -0.15) is 5.10 Å². The maximum absolute atomic E-state index is 14.6. The number of aromatic nitrogens is 2. The predicted molar refractivity (Wildman–Crippen MR) is 221 cm³/mol. The Labute approximate surface area is 341 Å². The number of aryl methyl sites for hydroxylation is 2. The molecule has 2 fully saturated rings. The molecule has 4 aliphatic rings. The van der Waals surface area contributed by atoms with Crippen molar-refractivity contribution in [1.29, 1.82) is 0 Å². The van der Waals surface area contributed by atoms with E-state index in [0.717, 1.165) is 51.8 Å². The zero-order valence-corrected chi connectivity index (χ0v) is 35.6. The van der Waals surface area contributed by atoms with Gasteiger partial charge in [-0.3, -0.25) is 9.58 Å². The molecular weight excluding hydrogens is 745 g/mol. The number of allylic oxidation sites excluding steroid dienone is 2. The molecule has 4 atom stereocenters. The van der Waals surface area contributed by atoms with Gasteiger partial charge in [-0.15, -0.1) is 0 Å². The minimum atomic E-state index is -0.717. The number of esters is 1. The Hall–Kier alpha value is -4.35. The number of carbonyl (C=O) groups is 2. The molecule has 1 amide bonds. The van der Waals surface area contributed by atoms with Gasteiger partial charge >= 0.3 is 12.1 Å². The van der Waals surface area contributed by atoms with Crippen LogP contribution in [0.3, 0.4) is 0 Å². The fourth-order valence-corrected chi connectivity index (χ4v) is 9.50. The molecule has 3 aromatic rings. The SMILES string of the molecule is Cc1nn(C)c(C)c1C1=C(Cl)C=CC2C(CCCOc3cccc4cc(F)ccc34)=C(C(=O)OC(C)(C)C)N(CCN3CCC4CN(C(=O)OC(C)(C)C)CC43)C12. The monoisotopic (exact) mass is 801 g/mol. The number of nitrogens with zero attached hydrogens (tertiary/aromatic N) is 5. The average Bonchev–Trinajstić information content (AvgIpc) is 3.85. The highest BCUT2D eigenvalue weighted by Crippen LogP contribution is 2.49.